The minimum absolute atomic E-state index is 0.00601. The van der Waals surface area contributed by atoms with E-state index in [-0.39, 0.29) is 11.9 Å². The lowest BCUT2D eigenvalue weighted by molar-refractivity contribution is -0.00298. The van der Waals surface area contributed by atoms with E-state index >= 15 is 0 Å². The Balaban J connectivity index is 2.04. The lowest BCUT2D eigenvalue weighted by atomic mass is 10.1. The number of benzene rings is 2. The Labute approximate surface area is 189 Å². The molecule has 174 valence electrons. The molecule has 0 radical (unpaired) electrons. The van der Waals surface area contributed by atoms with Crippen LogP contribution in [0.2, 0.25) is 0 Å². The zero-order valence-corrected chi connectivity index (χ0v) is 19.2. The van der Waals surface area contributed by atoms with Crippen LogP contribution in [0.1, 0.15) is 29.3 Å². The highest BCUT2D eigenvalue weighted by Gasteiger charge is 2.32. The molecule has 1 amide bonds. The molecule has 0 saturated carbocycles. The Morgan fingerprint density at radius 3 is 2.38 bits per heavy atom. The van der Waals surface area contributed by atoms with Gasteiger partial charge in [-0.1, -0.05) is 19.1 Å². The van der Waals surface area contributed by atoms with Crippen LogP contribution in [0.3, 0.4) is 0 Å². The highest BCUT2D eigenvalue weighted by Crippen LogP contribution is 2.48. The molecule has 8 heteroatoms. The van der Waals surface area contributed by atoms with Gasteiger partial charge in [-0.05, 0) is 37.1 Å². The number of hydrogen-bond acceptors (Lipinski definition) is 7. The van der Waals surface area contributed by atoms with Gasteiger partial charge in [0, 0.05) is 12.6 Å². The number of carbonyl (C=O) groups excluding carboxylic acids is 1. The zero-order chi connectivity index (χ0) is 23.1. The van der Waals surface area contributed by atoms with Crippen LogP contribution in [-0.4, -0.2) is 64.5 Å². The van der Waals surface area contributed by atoms with Crippen LogP contribution >= 0.6 is 0 Å². The molecule has 8 nitrogen and oxygen atoms in total. The van der Waals surface area contributed by atoms with Crippen LogP contribution in [0, 0.1) is 0 Å². The Bertz CT molecular complexity index is 916. The molecule has 3 rings (SSSR count). The van der Waals surface area contributed by atoms with E-state index in [0.717, 1.165) is 18.4 Å². The molecule has 2 aromatic rings. The van der Waals surface area contributed by atoms with Crippen molar-refractivity contribution in [3.8, 4) is 28.7 Å². The maximum Gasteiger partial charge on any atom is 0.258 e. The Kier molecular flexibility index (Phi) is 8.19. The monoisotopic (exact) mass is 444 g/mol. The van der Waals surface area contributed by atoms with Gasteiger partial charge in [-0.15, -0.1) is 0 Å². The summed E-state index contributed by atoms with van der Waals surface area (Å²) >= 11 is 0. The largest absolute Gasteiger partial charge is 0.492 e. The number of nitrogens with zero attached hydrogens (tertiary/aromatic N) is 1. The molecule has 1 aliphatic heterocycles. The lowest BCUT2D eigenvalue weighted by Crippen LogP contribution is -2.48. The maximum absolute atomic E-state index is 13.6. The van der Waals surface area contributed by atoms with Gasteiger partial charge < -0.3 is 34.3 Å². The second-order valence-corrected chi connectivity index (χ2v) is 7.44. The molecular formula is C24H32N2O6. The number of methoxy groups -OCH3 is 3. The highest BCUT2D eigenvalue weighted by atomic mass is 16.5. The summed E-state index contributed by atoms with van der Waals surface area (Å²) in [5.41, 5.74) is 7.09. The van der Waals surface area contributed by atoms with E-state index < -0.39 is 0 Å². The molecule has 1 aliphatic rings. The molecule has 0 aliphatic carbocycles. The summed E-state index contributed by atoms with van der Waals surface area (Å²) in [5, 5.41) is 0. The third-order valence-electron chi connectivity index (χ3n) is 5.54. The lowest BCUT2D eigenvalue weighted by Gasteiger charge is -2.35. The second kappa shape index (κ2) is 11.1. The molecule has 2 aromatic carbocycles. The van der Waals surface area contributed by atoms with Gasteiger partial charge in [-0.3, -0.25) is 4.79 Å². The van der Waals surface area contributed by atoms with Crippen LogP contribution in [0.25, 0.3) is 0 Å². The second-order valence-electron chi connectivity index (χ2n) is 7.44. The average Bonchev–Trinajstić information content (AvgIpc) is 2.83. The van der Waals surface area contributed by atoms with Crippen molar-refractivity contribution in [2.45, 2.75) is 25.8 Å². The van der Waals surface area contributed by atoms with Crippen molar-refractivity contribution < 1.29 is 28.5 Å². The number of morpholine rings is 1. The summed E-state index contributed by atoms with van der Waals surface area (Å²) in [7, 11) is 4.52. The van der Waals surface area contributed by atoms with Crippen molar-refractivity contribution in [2.24, 2.45) is 5.73 Å². The molecule has 1 atom stereocenters. The molecule has 2 N–H and O–H groups in total. The van der Waals surface area contributed by atoms with Gasteiger partial charge in [0.25, 0.3) is 5.91 Å². The molecule has 1 saturated heterocycles. The molecule has 1 heterocycles. The molecule has 0 spiro atoms. The van der Waals surface area contributed by atoms with E-state index in [9.17, 15) is 4.79 Å². The molecule has 1 fully saturated rings. The van der Waals surface area contributed by atoms with E-state index in [1.54, 1.807) is 6.07 Å². The van der Waals surface area contributed by atoms with Crippen molar-refractivity contribution in [1.82, 2.24) is 4.90 Å². The first kappa shape index (κ1) is 23.7. The van der Waals surface area contributed by atoms with Crippen molar-refractivity contribution in [1.29, 1.82) is 0 Å². The van der Waals surface area contributed by atoms with Gasteiger partial charge in [-0.2, -0.15) is 0 Å². The summed E-state index contributed by atoms with van der Waals surface area (Å²) in [5.74, 6) is 1.76. The SMILES string of the molecule is CC[C@H]1COCCN1C(=O)c1cc(Oc2ccc(CCN)cc2)c(OC)c(OC)c1OC. The summed E-state index contributed by atoms with van der Waals surface area (Å²) in [6, 6.07) is 9.28. The fourth-order valence-corrected chi connectivity index (χ4v) is 3.85. The first-order chi connectivity index (χ1) is 15.6. The summed E-state index contributed by atoms with van der Waals surface area (Å²) in [6.45, 7) is 4.13. The molecular weight excluding hydrogens is 412 g/mol. The minimum atomic E-state index is -0.166. The molecule has 0 unspecified atom stereocenters. The van der Waals surface area contributed by atoms with Crippen LogP contribution in [0.4, 0.5) is 0 Å². The van der Waals surface area contributed by atoms with E-state index in [4.69, 9.17) is 29.4 Å². The van der Waals surface area contributed by atoms with E-state index in [1.165, 1.54) is 21.3 Å². The Morgan fingerprint density at radius 2 is 1.78 bits per heavy atom. The number of carbonyl (C=O) groups is 1. The maximum atomic E-state index is 13.6. The molecule has 0 bridgehead atoms. The van der Waals surface area contributed by atoms with E-state index in [1.807, 2.05) is 36.1 Å². The number of nitrogens with two attached hydrogens (primary N) is 1. The Morgan fingerprint density at radius 1 is 1.09 bits per heavy atom. The fourth-order valence-electron chi connectivity index (χ4n) is 3.85. The van der Waals surface area contributed by atoms with Crippen LogP contribution in [-0.2, 0) is 11.2 Å². The van der Waals surface area contributed by atoms with Gasteiger partial charge in [0.2, 0.25) is 11.5 Å². The highest BCUT2D eigenvalue weighted by molar-refractivity contribution is 5.99. The van der Waals surface area contributed by atoms with Crippen LogP contribution in [0.5, 0.6) is 28.7 Å². The number of rotatable bonds is 9. The first-order valence-electron chi connectivity index (χ1n) is 10.8. The normalized spacial score (nSPS) is 15.9. The fraction of sp³-hybridized carbons (Fsp3) is 0.458. The van der Waals surface area contributed by atoms with Gasteiger partial charge in [0.15, 0.2) is 11.5 Å². The third kappa shape index (κ3) is 4.92. The van der Waals surface area contributed by atoms with Gasteiger partial charge in [0.05, 0.1) is 46.1 Å². The zero-order valence-electron chi connectivity index (χ0n) is 19.2. The van der Waals surface area contributed by atoms with E-state index in [0.29, 0.717) is 60.6 Å². The summed E-state index contributed by atoms with van der Waals surface area (Å²) < 4.78 is 28.4. The number of amides is 1. The summed E-state index contributed by atoms with van der Waals surface area (Å²) in [4.78, 5) is 15.4. The van der Waals surface area contributed by atoms with Gasteiger partial charge in [-0.25, -0.2) is 0 Å². The Hall–Kier alpha value is -2.97. The minimum Gasteiger partial charge on any atom is -0.492 e. The first-order valence-corrected chi connectivity index (χ1v) is 10.8. The van der Waals surface area contributed by atoms with Crippen molar-refractivity contribution >= 4 is 5.91 Å². The quantitative estimate of drug-likeness (QED) is 0.635. The van der Waals surface area contributed by atoms with Gasteiger partial charge in [0.1, 0.15) is 5.75 Å². The van der Waals surface area contributed by atoms with Crippen LogP contribution < -0.4 is 24.7 Å². The van der Waals surface area contributed by atoms with E-state index in [2.05, 4.69) is 0 Å². The number of hydrogen-bond donors (Lipinski definition) is 1. The topological polar surface area (TPSA) is 92.5 Å². The van der Waals surface area contributed by atoms with Crippen LogP contribution in [0.15, 0.2) is 30.3 Å². The standard InChI is InChI=1S/C24H32N2O6/c1-5-17-15-31-13-12-26(17)24(27)19-14-20(22(29-3)23(30-4)21(19)28-2)32-18-8-6-16(7-9-18)10-11-25/h6-9,14,17H,5,10-13,15,25H2,1-4H3/t17-/m0/s1. The third-order valence-corrected chi connectivity index (χ3v) is 5.54. The summed E-state index contributed by atoms with van der Waals surface area (Å²) in [6.07, 6.45) is 1.58. The van der Waals surface area contributed by atoms with Crippen molar-refractivity contribution in [2.75, 3.05) is 47.6 Å². The molecule has 0 aromatic heterocycles. The average molecular weight is 445 g/mol. The smallest absolute Gasteiger partial charge is 0.258 e. The molecule has 32 heavy (non-hydrogen) atoms. The predicted molar refractivity (Wildman–Crippen MR) is 121 cm³/mol. The predicted octanol–water partition coefficient (Wildman–Crippen LogP) is 3.26. The number of ether oxygens (including phenoxy) is 5. The van der Waals surface area contributed by atoms with Gasteiger partial charge >= 0.3 is 0 Å². The van der Waals surface area contributed by atoms with Crippen molar-refractivity contribution in [3.05, 3.63) is 41.5 Å². The van der Waals surface area contributed by atoms with Crippen molar-refractivity contribution in [3.63, 3.8) is 0 Å².